The molecule has 14 heteroatoms. The lowest BCUT2D eigenvalue weighted by Crippen LogP contribution is -2.41. The van der Waals surface area contributed by atoms with Crippen molar-refractivity contribution in [2.45, 2.75) is 43.9 Å². The van der Waals surface area contributed by atoms with Gasteiger partial charge in [-0.15, -0.1) is 11.3 Å². The average molecular weight is 607 g/mol. The number of benzene rings is 2. The number of carbonyl (C=O) groups excluding carboxylic acids is 3. The van der Waals surface area contributed by atoms with E-state index in [0.29, 0.717) is 22.4 Å². The Morgan fingerprint density at radius 2 is 1.93 bits per heavy atom. The van der Waals surface area contributed by atoms with Crippen molar-refractivity contribution in [3.8, 4) is 11.1 Å². The molecule has 0 aliphatic heterocycles. The molecule has 1 saturated carbocycles. The smallest absolute Gasteiger partial charge is 0.411 e. The summed E-state index contributed by atoms with van der Waals surface area (Å²) in [6, 6.07) is 9.15. The number of nitrogens with one attached hydrogen (secondary N) is 3. The Bertz CT molecular complexity index is 1520. The van der Waals surface area contributed by atoms with Gasteiger partial charge in [-0.2, -0.15) is 0 Å². The number of ether oxygens (including phenoxy) is 1. The van der Waals surface area contributed by atoms with Gasteiger partial charge in [0.2, 0.25) is 11.8 Å². The Kier molecular flexibility index (Phi) is 9.89. The zero-order valence-electron chi connectivity index (χ0n) is 22.3. The summed E-state index contributed by atoms with van der Waals surface area (Å²) in [5.74, 6) is -2.12. The summed E-state index contributed by atoms with van der Waals surface area (Å²) in [5, 5.41) is 14.8. The molecule has 1 aliphatic carbocycles. The summed E-state index contributed by atoms with van der Waals surface area (Å²) in [4.78, 5) is 41.2. The van der Waals surface area contributed by atoms with E-state index in [1.807, 2.05) is 0 Å². The fourth-order valence-electron chi connectivity index (χ4n) is 4.01. The fraction of sp³-hybridized carbons (Fsp3) is 0.407. The van der Waals surface area contributed by atoms with Crippen LogP contribution in [0.2, 0.25) is 0 Å². The lowest BCUT2D eigenvalue weighted by molar-refractivity contribution is -0.126. The molecule has 11 nitrogen and oxygen atoms in total. The minimum absolute atomic E-state index is 0.00985. The zero-order valence-corrected chi connectivity index (χ0v) is 23.9. The number of halogens is 1. The number of aliphatic hydroxyl groups is 1. The molecule has 1 aliphatic rings. The van der Waals surface area contributed by atoms with E-state index in [-0.39, 0.29) is 54.1 Å². The van der Waals surface area contributed by atoms with Gasteiger partial charge < -0.3 is 20.5 Å². The number of amides is 3. The molecule has 0 radical (unpaired) electrons. The Labute approximate surface area is 240 Å². The highest BCUT2D eigenvalue weighted by Crippen LogP contribution is 2.36. The van der Waals surface area contributed by atoms with Gasteiger partial charge in [-0.05, 0) is 43.0 Å². The molecule has 2 aromatic carbocycles. The topological polar surface area (TPSA) is 164 Å². The monoisotopic (exact) mass is 606 g/mol. The van der Waals surface area contributed by atoms with Crippen LogP contribution in [0.15, 0.2) is 36.4 Å². The molecule has 4 N–H and O–H groups in total. The minimum Gasteiger partial charge on any atom is -0.449 e. The molecule has 1 fully saturated rings. The van der Waals surface area contributed by atoms with E-state index in [2.05, 4.69) is 20.9 Å². The van der Waals surface area contributed by atoms with E-state index in [9.17, 15) is 22.8 Å². The molecular formula is C27H31FN4O7S2. The summed E-state index contributed by atoms with van der Waals surface area (Å²) >= 11 is 0.970. The number of hydrogen-bond acceptors (Lipinski definition) is 9. The lowest BCUT2D eigenvalue weighted by atomic mass is 10.0. The van der Waals surface area contributed by atoms with Gasteiger partial charge in [-0.25, -0.2) is 22.6 Å². The zero-order chi connectivity index (χ0) is 29.6. The predicted molar refractivity (Wildman–Crippen MR) is 153 cm³/mol. The van der Waals surface area contributed by atoms with E-state index < -0.39 is 38.8 Å². The quantitative estimate of drug-likeness (QED) is 0.215. The maximum atomic E-state index is 15.1. The second kappa shape index (κ2) is 13.4. The van der Waals surface area contributed by atoms with Crippen LogP contribution in [0, 0.1) is 5.82 Å². The molecule has 1 heterocycles. The van der Waals surface area contributed by atoms with Crippen molar-refractivity contribution in [3.05, 3.63) is 47.2 Å². The van der Waals surface area contributed by atoms with Crippen molar-refractivity contribution in [2.75, 3.05) is 30.8 Å². The molecular weight excluding hydrogens is 575 g/mol. The maximum absolute atomic E-state index is 15.1. The summed E-state index contributed by atoms with van der Waals surface area (Å²) in [5.41, 5.74) is 1.34. The second-order valence-corrected chi connectivity index (χ2v) is 12.8. The number of aliphatic hydroxyl groups excluding tert-OH is 1. The van der Waals surface area contributed by atoms with E-state index in [1.165, 1.54) is 12.1 Å². The largest absolute Gasteiger partial charge is 0.449 e. The number of sulfone groups is 1. The summed E-state index contributed by atoms with van der Waals surface area (Å²) in [6.07, 6.45) is 1.67. The normalized spacial score (nSPS) is 13.9. The van der Waals surface area contributed by atoms with Crippen molar-refractivity contribution in [2.24, 2.45) is 0 Å². The van der Waals surface area contributed by atoms with Crippen LogP contribution in [0.4, 0.5) is 14.9 Å². The van der Waals surface area contributed by atoms with Crippen LogP contribution >= 0.6 is 11.3 Å². The highest BCUT2D eigenvalue weighted by atomic mass is 32.2. The van der Waals surface area contributed by atoms with E-state index in [1.54, 1.807) is 31.2 Å². The van der Waals surface area contributed by atoms with Gasteiger partial charge in [0, 0.05) is 36.4 Å². The standard InChI is InChI=1S/C27H31FN4O7S2/c1-2-12-41(37,38)24(25(35)29-15-23(34)30-17-8-9-17)26-32-21-14-20(28)19(13-22(21)40-26)16-4-6-18(7-5-16)31-27(36)39-11-3-10-33/h4-7,13-14,17,24,33H,2-3,8-12,15H2,1H3,(H,29,35)(H,30,34)(H,31,36). The Balaban J connectivity index is 1.55. The first-order valence-corrected chi connectivity index (χ1v) is 15.7. The molecule has 0 spiro atoms. The van der Waals surface area contributed by atoms with Crippen molar-refractivity contribution < 1.29 is 37.0 Å². The van der Waals surface area contributed by atoms with Gasteiger partial charge >= 0.3 is 6.09 Å². The summed E-state index contributed by atoms with van der Waals surface area (Å²) in [6.45, 7) is 1.29. The summed E-state index contributed by atoms with van der Waals surface area (Å²) < 4.78 is 46.7. The third-order valence-electron chi connectivity index (χ3n) is 6.15. The maximum Gasteiger partial charge on any atom is 0.411 e. The van der Waals surface area contributed by atoms with Gasteiger partial charge in [0.25, 0.3) is 0 Å². The molecule has 0 saturated heterocycles. The number of rotatable bonds is 13. The number of thiazole rings is 1. The molecule has 3 aromatic rings. The van der Waals surface area contributed by atoms with Gasteiger partial charge in [0.1, 0.15) is 10.8 Å². The first-order valence-electron chi connectivity index (χ1n) is 13.1. The third-order valence-corrected chi connectivity index (χ3v) is 9.51. The summed E-state index contributed by atoms with van der Waals surface area (Å²) in [7, 11) is -3.97. The van der Waals surface area contributed by atoms with Gasteiger partial charge in [0.05, 0.1) is 29.1 Å². The first kappa shape index (κ1) is 30.3. The number of anilines is 1. The molecule has 0 bridgehead atoms. The predicted octanol–water partition coefficient (Wildman–Crippen LogP) is 3.29. The molecule has 4 rings (SSSR count). The van der Waals surface area contributed by atoms with Crippen LogP contribution in [0.25, 0.3) is 21.3 Å². The molecule has 1 unspecified atom stereocenters. The molecule has 3 amide bonds. The highest BCUT2D eigenvalue weighted by molar-refractivity contribution is 7.92. The van der Waals surface area contributed by atoms with Crippen LogP contribution in [-0.2, 0) is 24.2 Å². The van der Waals surface area contributed by atoms with Crippen LogP contribution < -0.4 is 16.0 Å². The molecule has 1 aromatic heterocycles. The van der Waals surface area contributed by atoms with Crippen molar-refractivity contribution in [3.63, 3.8) is 0 Å². The Hall–Kier alpha value is -3.62. The molecule has 41 heavy (non-hydrogen) atoms. The fourth-order valence-corrected chi connectivity index (χ4v) is 7.14. The van der Waals surface area contributed by atoms with Crippen LogP contribution in [0.3, 0.4) is 0 Å². The number of aromatic nitrogens is 1. The van der Waals surface area contributed by atoms with E-state index >= 15 is 4.39 Å². The Morgan fingerprint density at radius 3 is 2.59 bits per heavy atom. The average Bonchev–Trinajstić information content (AvgIpc) is 3.64. The third kappa shape index (κ3) is 7.99. The lowest BCUT2D eigenvalue weighted by Gasteiger charge is -2.15. The van der Waals surface area contributed by atoms with E-state index in [0.717, 1.165) is 24.2 Å². The number of carbonyl (C=O) groups is 3. The van der Waals surface area contributed by atoms with Crippen LogP contribution in [0.5, 0.6) is 0 Å². The first-order chi connectivity index (χ1) is 19.6. The number of nitrogens with zero attached hydrogens (tertiary/aromatic N) is 1. The van der Waals surface area contributed by atoms with Crippen molar-refractivity contribution in [1.82, 2.24) is 15.6 Å². The number of fused-ring (bicyclic) bond motifs is 1. The number of hydrogen-bond donors (Lipinski definition) is 4. The molecule has 1 atom stereocenters. The van der Waals surface area contributed by atoms with Crippen molar-refractivity contribution >= 4 is 55.0 Å². The van der Waals surface area contributed by atoms with Crippen LogP contribution in [0.1, 0.15) is 42.9 Å². The van der Waals surface area contributed by atoms with Gasteiger partial charge in [-0.3, -0.25) is 14.9 Å². The Morgan fingerprint density at radius 1 is 1.20 bits per heavy atom. The highest BCUT2D eigenvalue weighted by Gasteiger charge is 2.37. The minimum atomic E-state index is -3.97. The SMILES string of the molecule is CCCS(=O)(=O)C(C(=O)NCC(=O)NC1CC1)c1nc2cc(F)c(-c3ccc(NC(=O)OCCCO)cc3)cc2s1. The van der Waals surface area contributed by atoms with E-state index in [4.69, 9.17) is 9.84 Å². The van der Waals surface area contributed by atoms with Gasteiger partial charge in [0.15, 0.2) is 15.1 Å². The second-order valence-electron chi connectivity index (χ2n) is 9.57. The van der Waals surface area contributed by atoms with Crippen LogP contribution in [-0.4, -0.2) is 68.0 Å². The van der Waals surface area contributed by atoms with Gasteiger partial charge in [-0.1, -0.05) is 19.1 Å². The van der Waals surface area contributed by atoms with Crippen molar-refractivity contribution in [1.29, 1.82) is 0 Å². The molecule has 220 valence electrons.